The highest BCUT2D eigenvalue weighted by Gasteiger charge is 2.15. The number of alkyl halides is 1. The number of halogens is 1. The van der Waals surface area contributed by atoms with Crippen molar-refractivity contribution in [3.8, 4) is 0 Å². The number of anilines is 1. The Balaban J connectivity index is 2.61. The fourth-order valence-corrected chi connectivity index (χ4v) is 1.72. The number of oxazole rings is 1. The Morgan fingerprint density at radius 3 is 2.69 bits per heavy atom. The molecule has 1 rings (SSSR count). The summed E-state index contributed by atoms with van der Waals surface area (Å²) in [6.07, 6.45) is 5.28. The largest absolute Gasteiger partial charge is 0.432 e. The summed E-state index contributed by atoms with van der Waals surface area (Å²) < 4.78 is 5.44. The third kappa shape index (κ3) is 3.71. The Hall–Kier alpha value is -0.700. The molecule has 0 N–H and O–H groups in total. The topological polar surface area (TPSA) is 29.3 Å². The van der Waals surface area contributed by atoms with Crippen LogP contribution in [0.15, 0.2) is 10.7 Å². The van der Waals surface area contributed by atoms with Gasteiger partial charge >= 0.3 is 0 Å². The Morgan fingerprint density at radius 1 is 1.44 bits per heavy atom. The molecule has 0 aromatic carbocycles. The Labute approximate surface area is 103 Å². The van der Waals surface area contributed by atoms with Gasteiger partial charge < -0.3 is 9.32 Å². The normalized spacial score (nSPS) is 11.1. The number of rotatable bonds is 7. The zero-order chi connectivity index (χ0) is 12.0. The average Bonchev–Trinajstić information content (AvgIpc) is 2.72. The zero-order valence-corrected chi connectivity index (χ0v) is 11.1. The van der Waals surface area contributed by atoms with Crippen molar-refractivity contribution in [3.05, 3.63) is 12.0 Å². The SMILES string of the molecule is CCCCCN(c1nc(CCl)co1)C(C)C. The zero-order valence-electron chi connectivity index (χ0n) is 10.4. The van der Waals surface area contributed by atoms with Gasteiger partial charge in [-0.15, -0.1) is 11.6 Å². The highest BCUT2D eigenvalue weighted by atomic mass is 35.5. The van der Waals surface area contributed by atoms with Gasteiger partial charge in [-0.1, -0.05) is 19.8 Å². The van der Waals surface area contributed by atoms with Gasteiger partial charge in [-0.2, -0.15) is 4.98 Å². The molecule has 0 fully saturated rings. The van der Waals surface area contributed by atoms with E-state index in [1.807, 2.05) is 0 Å². The molecule has 16 heavy (non-hydrogen) atoms. The molecule has 0 spiro atoms. The molecule has 0 aliphatic rings. The van der Waals surface area contributed by atoms with Crippen LogP contribution in [-0.4, -0.2) is 17.6 Å². The highest BCUT2D eigenvalue weighted by Crippen LogP contribution is 2.18. The molecule has 4 heteroatoms. The van der Waals surface area contributed by atoms with Crippen LogP contribution < -0.4 is 4.90 Å². The monoisotopic (exact) mass is 244 g/mol. The molecular formula is C12H21ClN2O. The van der Waals surface area contributed by atoms with Gasteiger partial charge in [0.15, 0.2) is 0 Å². The van der Waals surface area contributed by atoms with E-state index in [1.165, 1.54) is 19.3 Å². The van der Waals surface area contributed by atoms with Crippen molar-refractivity contribution in [1.29, 1.82) is 0 Å². The van der Waals surface area contributed by atoms with Crippen LogP contribution in [0.1, 0.15) is 45.7 Å². The van der Waals surface area contributed by atoms with Crippen LogP contribution in [0.2, 0.25) is 0 Å². The molecule has 0 atom stereocenters. The minimum absolute atomic E-state index is 0.402. The molecule has 3 nitrogen and oxygen atoms in total. The second kappa shape index (κ2) is 6.79. The maximum absolute atomic E-state index is 5.71. The van der Waals surface area contributed by atoms with Crippen molar-refractivity contribution in [2.24, 2.45) is 0 Å². The van der Waals surface area contributed by atoms with Gasteiger partial charge in [-0.05, 0) is 20.3 Å². The molecule has 0 saturated heterocycles. The first-order valence-corrected chi connectivity index (χ1v) is 6.49. The van der Waals surface area contributed by atoms with E-state index in [1.54, 1.807) is 6.26 Å². The fraction of sp³-hybridized carbons (Fsp3) is 0.750. The molecule has 1 aromatic heterocycles. The minimum atomic E-state index is 0.402. The van der Waals surface area contributed by atoms with E-state index in [4.69, 9.17) is 16.0 Å². The van der Waals surface area contributed by atoms with Crippen LogP contribution in [0.25, 0.3) is 0 Å². The molecule has 92 valence electrons. The van der Waals surface area contributed by atoms with E-state index >= 15 is 0 Å². The average molecular weight is 245 g/mol. The van der Waals surface area contributed by atoms with Crippen LogP contribution in [0.5, 0.6) is 0 Å². The quantitative estimate of drug-likeness (QED) is 0.539. The Kier molecular flexibility index (Phi) is 5.67. The number of hydrogen-bond donors (Lipinski definition) is 0. The van der Waals surface area contributed by atoms with E-state index < -0.39 is 0 Å². The summed E-state index contributed by atoms with van der Waals surface area (Å²) in [5.74, 6) is 0.407. The lowest BCUT2D eigenvalue weighted by molar-refractivity contribution is 0.502. The Morgan fingerprint density at radius 2 is 2.19 bits per heavy atom. The fourth-order valence-electron chi connectivity index (χ4n) is 1.60. The van der Waals surface area contributed by atoms with Crippen molar-refractivity contribution in [2.45, 2.75) is 52.0 Å². The van der Waals surface area contributed by atoms with E-state index in [0.717, 1.165) is 12.2 Å². The van der Waals surface area contributed by atoms with Crippen LogP contribution in [0.3, 0.4) is 0 Å². The van der Waals surface area contributed by atoms with Gasteiger partial charge in [-0.25, -0.2) is 0 Å². The third-order valence-corrected chi connectivity index (χ3v) is 2.82. The van der Waals surface area contributed by atoms with Crippen LogP contribution >= 0.6 is 11.6 Å². The van der Waals surface area contributed by atoms with E-state index in [-0.39, 0.29) is 0 Å². The standard InChI is InChI=1S/C12H21ClN2O/c1-4-5-6-7-15(10(2)3)12-14-11(8-13)9-16-12/h9-10H,4-8H2,1-3H3. The number of hydrogen-bond acceptors (Lipinski definition) is 3. The van der Waals surface area contributed by atoms with Crippen molar-refractivity contribution >= 4 is 17.6 Å². The molecule has 0 radical (unpaired) electrons. The maximum atomic E-state index is 5.71. The van der Waals surface area contributed by atoms with Gasteiger partial charge in [0, 0.05) is 12.6 Å². The van der Waals surface area contributed by atoms with E-state index in [9.17, 15) is 0 Å². The van der Waals surface area contributed by atoms with Crippen molar-refractivity contribution < 1.29 is 4.42 Å². The van der Waals surface area contributed by atoms with Crippen molar-refractivity contribution in [3.63, 3.8) is 0 Å². The van der Waals surface area contributed by atoms with E-state index in [0.29, 0.717) is 17.9 Å². The van der Waals surface area contributed by atoms with Crippen LogP contribution in [0, 0.1) is 0 Å². The van der Waals surface area contributed by atoms with Gasteiger partial charge in [0.2, 0.25) is 0 Å². The van der Waals surface area contributed by atoms with Crippen molar-refractivity contribution in [1.82, 2.24) is 4.98 Å². The molecule has 0 unspecified atom stereocenters. The predicted molar refractivity (Wildman–Crippen MR) is 68.1 cm³/mol. The number of aromatic nitrogens is 1. The Bertz CT molecular complexity index is 299. The van der Waals surface area contributed by atoms with Crippen LogP contribution in [0.4, 0.5) is 6.01 Å². The lowest BCUT2D eigenvalue weighted by atomic mass is 10.2. The second-order valence-electron chi connectivity index (χ2n) is 4.25. The smallest absolute Gasteiger partial charge is 0.297 e. The van der Waals surface area contributed by atoms with Crippen molar-refractivity contribution in [2.75, 3.05) is 11.4 Å². The summed E-state index contributed by atoms with van der Waals surface area (Å²) in [4.78, 5) is 6.54. The number of unbranched alkanes of at least 4 members (excludes halogenated alkanes) is 2. The molecule has 0 aliphatic carbocycles. The predicted octanol–water partition coefficient (Wildman–Crippen LogP) is 3.82. The molecule has 0 amide bonds. The first-order chi connectivity index (χ1) is 7.69. The molecule has 0 aliphatic heterocycles. The second-order valence-corrected chi connectivity index (χ2v) is 4.52. The summed E-state index contributed by atoms with van der Waals surface area (Å²) in [5.41, 5.74) is 0.804. The number of nitrogens with zero attached hydrogens (tertiary/aromatic N) is 2. The summed E-state index contributed by atoms with van der Waals surface area (Å²) >= 11 is 5.71. The summed E-state index contributed by atoms with van der Waals surface area (Å²) in [5, 5.41) is 0. The minimum Gasteiger partial charge on any atom is -0.432 e. The van der Waals surface area contributed by atoms with Gasteiger partial charge in [-0.3, -0.25) is 0 Å². The molecule has 0 bridgehead atoms. The molecule has 1 heterocycles. The van der Waals surface area contributed by atoms with Gasteiger partial charge in [0.1, 0.15) is 6.26 Å². The lowest BCUT2D eigenvalue weighted by Gasteiger charge is -2.24. The molecular weight excluding hydrogens is 224 g/mol. The lowest BCUT2D eigenvalue weighted by Crippen LogP contribution is -2.32. The van der Waals surface area contributed by atoms with E-state index in [2.05, 4.69) is 30.7 Å². The summed E-state index contributed by atoms with van der Waals surface area (Å²) in [7, 11) is 0. The molecule has 1 aromatic rings. The highest BCUT2D eigenvalue weighted by molar-refractivity contribution is 6.16. The summed E-state index contributed by atoms with van der Waals surface area (Å²) in [6, 6.07) is 1.10. The van der Waals surface area contributed by atoms with Gasteiger partial charge in [0.05, 0.1) is 11.6 Å². The maximum Gasteiger partial charge on any atom is 0.297 e. The van der Waals surface area contributed by atoms with Gasteiger partial charge in [0.25, 0.3) is 6.01 Å². The van der Waals surface area contributed by atoms with Crippen LogP contribution in [-0.2, 0) is 5.88 Å². The third-order valence-electron chi connectivity index (χ3n) is 2.55. The first kappa shape index (κ1) is 13.4. The molecule has 0 saturated carbocycles. The first-order valence-electron chi connectivity index (χ1n) is 5.96. The summed E-state index contributed by atoms with van der Waals surface area (Å²) in [6.45, 7) is 7.50.